The zero-order valence-electron chi connectivity index (χ0n) is 15.4. The third-order valence-corrected chi connectivity index (χ3v) is 5.68. The number of nitrogens with zero attached hydrogens (tertiary/aromatic N) is 4. The van der Waals surface area contributed by atoms with Crippen molar-refractivity contribution in [3.8, 4) is 6.07 Å². The SMILES string of the molecule is N#Cc1ccc2c(c1)CCC(N1CCN(c3ccc([N+](=O)[O-])cc3)C(=O)C1)C2. The maximum absolute atomic E-state index is 12.7. The van der Waals surface area contributed by atoms with Crippen molar-refractivity contribution in [2.45, 2.75) is 25.3 Å². The molecule has 28 heavy (non-hydrogen) atoms. The third kappa shape index (κ3) is 3.47. The second-order valence-electron chi connectivity index (χ2n) is 7.28. The molecule has 142 valence electrons. The highest BCUT2D eigenvalue weighted by Crippen LogP contribution is 2.28. The second kappa shape index (κ2) is 7.41. The molecular formula is C21H20N4O3. The number of fused-ring (bicyclic) bond motifs is 1. The van der Waals surface area contributed by atoms with Crippen LogP contribution in [0.25, 0.3) is 0 Å². The van der Waals surface area contributed by atoms with Gasteiger partial charge in [-0.15, -0.1) is 0 Å². The Kier molecular flexibility index (Phi) is 4.80. The quantitative estimate of drug-likeness (QED) is 0.607. The minimum Gasteiger partial charge on any atom is -0.310 e. The Hall–Kier alpha value is -3.24. The molecule has 0 spiro atoms. The van der Waals surface area contributed by atoms with Gasteiger partial charge in [0.15, 0.2) is 0 Å². The number of non-ortho nitro benzene ring substituents is 1. The number of hydrogen-bond acceptors (Lipinski definition) is 5. The molecule has 2 aliphatic rings. The van der Waals surface area contributed by atoms with E-state index in [9.17, 15) is 14.9 Å². The fourth-order valence-electron chi connectivity index (χ4n) is 4.15. The molecule has 0 bridgehead atoms. The number of rotatable bonds is 3. The molecule has 7 nitrogen and oxygen atoms in total. The smallest absolute Gasteiger partial charge is 0.269 e. The molecule has 1 aliphatic heterocycles. The lowest BCUT2D eigenvalue weighted by Crippen LogP contribution is -2.54. The van der Waals surface area contributed by atoms with Crippen LogP contribution in [0.15, 0.2) is 42.5 Å². The number of anilines is 1. The van der Waals surface area contributed by atoms with Crippen molar-refractivity contribution < 1.29 is 9.72 Å². The minimum absolute atomic E-state index is 0.0192. The average Bonchev–Trinajstić information content (AvgIpc) is 2.73. The molecule has 1 unspecified atom stereocenters. The minimum atomic E-state index is -0.440. The Morgan fingerprint density at radius 2 is 1.89 bits per heavy atom. The van der Waals surface area contributed by atoms with Crippen molar-refractivity contribution in [3.63, 3.8) is 0 Å². The van der Waals surface area contributed by atoms with Crippen LogP contribution >= 0.6 is 0 Å². The summed E-state index contributed by atoms with van der Waals surface area (Å²) < 4.78 is 0. The van der Waals surface area contributed by atoms with Crippen LogP contribution in [-0.4, -0.2) is 41.4 Å². The molecule has 1 aliphatic carbocycles. The molecule has 1 atom stereocenters. The standard InChI is InChI=1S/C21H20N4O3/c22-13-15-1-2-17-12-20(4-3-16(17)11-15)23-9-10-24(21(26)14-23)18-5-7-19(8-6-18)25(27)28/h1-2,5-8,11,20H,3-4,9-10,12,14H2. The first kappa shape index (κ1) is 18.1. The largest absolute Gasteiger partial charge is 0.310 e. The van der Waals surface area contributed by atoms with E-state index in [4.69, 9.17) is 5.26 Å². The molecule has 2 aromatic rings. The summed E-state index contributed by atoms with van der Waals surface area (Å²) in [4.78, 5) is 27.0. The summed E-state index contributed by atoms with van der Waals surface area (Å²) in [6, 6.07) is 14.5. The highest BCUT2D eigenvalue weighted by Gasteiger charge is 2.31. The molecule has 1 amide bonds. The molecule has 1 saturated heterocycles. The number of nitriles is 1. The van der Waals surface area contributed by atoms with E-state index in [-0.39, 0.29) is 11.6 Å². The zero-order chi connectivity index (χ0) is 19.7. The normalized spacial score (nSPS) is 19.8. The number of nitro benzene ring substituents is 1. The van der Waals surface area contributed by atoms with Crippen molar-refractivity contribution in [3.05, 3.63) is 69.3 Å². The molecule has 0 radical (unpaired) electrons. The average molecular weight is 376 g/mol. The number of carbonyl (C=O) groups excluding carboxylic acids is 1. The van der Waals surface area contributed by atoms with Crippen molar-refractivity contribution >= 4 is 17.3 Å². The van der Waals surface area contributed by atoms with Crippen LogP contribution in [0.2, 0.25) is 0 Å². The molecule has 1 heterocycles. The first-order chi connectivity index (χ1) is 13.5. The predicted octanol–water partition coefficient (Wildman–Crippen LogP) is 2.67. The van der Waals surface area contributed by atoms with Gasteiger partial charge in [0.1, 0.15) is 0 Å². The topological polar surface area (TPSA) is 90.5 Å². The summed E-state index contributed by atoms with van der Waals surface area (Å²) in [5.74, 6) is 0.0192. The first-order valence-corrected chi connectivity index (χ1v) is 9.36. The highest BCUT2D eigenvalue weighted by molar-refractivity contribution is 5.95. The van der Waals surface area contributed by atoms with Crippen LogP contribution in [0.1, 0.15) is 23.1 Å². The van der Waals surface area contributed by atoms with Gasteiger partial charge in [0.05, 0.1) is 23.1 Å². The zero-order valence-corrected chi connectivity index (χ0v) is 15.4. The van der Waals surface area contributed by atoms with E-state index in [1.54, 1.807) is 17.0 Å². The second-order valence-corrected chi connectivity index (χ2v) is 7.28. The van der Waals surface area contributed by atoms with Crippen LogP contribution in [0.3, 0.4) is 0 Å². The van der Waals surface area contributed by atoms with Crippen molar-refractivity contribution in [1.82, 2.24) is 4.90 Å². The lowest BCUT2D eigenvalue weighted by Gasteiger charge is -2.40. The summed E-state index contributed by atoms with van der Waals surface area (Å²) >= 11 is 0. The molecular weight excluding hydrogens is 356 g/mol. The number of amides is 1. The fraction of sp³-hybridized carbons (Fsp3) is 0.333. The lowest BCUT2D eigenvalue weighted by molar-refractivity contribution is -0.384. The number of carbonyl (C=O) groups is 1. The van der Waals surface area contributed by atoms with Crippen LogP contribution in [0.5, 0.6) is 0 Å². The van der Waals surface area contributed by atoms with Gasteiger partial charge in [0, 0.05) is 37.0 Å². The molecule has 1 fully saturated rings. The summed E-state index contributed by atoms with van der Waals surface area (Å²) in [5, 5.41) is 19.8. The maximum Gasteiger partial charge on any atom is 0.269 e. The summed E-state index contributed by atoms with van der Waals surface area (Å²) in [6.45, 7) is 1.71. The maximum atomic E-state index is 12.7. The van der Waals surface area contributed by atoms with Gasteiger partial charge in [0.2, 0.25) is 5.91 Å². The number of nitro groups is 1. The van der Waals surface area contributed by atoms with Gasteiger partial charge in [-0.3, -0.25) is 19.8 Å². The lowest BCUT2D eigenvalue weighted by atomic mass is 9.86. The number of piperazine rings is 1. The van der Waals surface area contributed by atoms with Crippen LogP contribution in [0.4, 0.5) is 11.4 Å². The van der Waals surface area contributed by atoms with E-state index in [0.29, 0.717) is 30.4 Å². The monoisotopic (exact) mass is 376 g/mol. The van der Waals surface area contributed by atoms with E-state index in [1.807, 2.05) is 18.2 Å². The Morgan fingerprint density at radius 3 is 2.57 bits per heavy atom. The van der Waals surface area contributed by atoms with Crippen LogP contribution in [0, 0.1) is 21.4 Å². The van der Waals surface area contributed by atoms with E-state index < -0.39 is 4.92 Å². The predicted molar refractivity (Wildman–Crippen MR) is 104 cm³/mol. The van der Waals surface area contributed by atoms with Gasteiger partial charge >= 0.3 is 0 Å². The van der Waals surface area contributed by atoms with Crippen molar-refractivity contribution in [2.75, 3.05) is 24.5 Å². The fourth-order valence-corrected chi connectivity index (χ4v) is 4.15. The van der Waals surface area contributed by atoms with Crippen LogP contribution in [-0.2, 0) is 17.6 Å². The number of aryl methyl sites for hydroxylation is 1. The van der Waals surface area contributed by atoms with Gasteiger partial charge < -0.3 is 4.90 Å². The summed E-state index contributed by atoms with van der Waals surface area (Å²) in [5.41, 5.74) is 3.93. The van der Waals surface area contributed by atoms with Crippen molar-refractivity contribution in [1.29, 1.82) is 5.26 Å². The Labute approximate surface area is 162 Å². The van der Waals surface area contributed by atoms with Crippen LogP contribution < -0.4 is 4.90 Å². The summed E-state index contributed by atoms with van der Waals surface area (Å²) in [6.07, 6.45) is 2.80. The number of hydrogen-bond donors (Lipinski definition) is 0. The van der Waals surface area contributed by atoms with E-state index in [1.165, 1.54) is 23.3 Å². The van der Waals surface area contributed by atoms with Gasteiger partial charge in [-0.25, -0.2) is 0 Å². The Morgan fingerprint density at radius 1 is 1.11 bits per heavy atom. The van der Waals surface area contributed by atoms with Gasteiger partial charge in [-0.1, -0.05) is 6.07 Å². The van der Waals surface area contributed by atoms with Crippen molar-refractivity contribution in [2.24, 2.45) is 0 Å². The Bertz CT molecular complexity index is 965. The highest BCUT2D eigenvalue weighted by atomic mass is 16.6. The summed E-state index contributed by atoms with van der Waals surface area (Å²) in [7, 11) is 0. The van der Waals surface area contributed by atoms with Gasteiger partial charge in [-0.2, -0.15) is 5.26 Å². The van der Waals surface area contributed by atoms with E-state index >= 15 is 0 Å². The molecule has 0 N–H and O–H groups in total. The van der Waals surface area contributed by atoms with Gasteiger partial charge in [-0.05, 0) is 54.7 Å². The molecule has 7 heteroatoms. The van der Waals surface area contributed by atoms with E-state index in [2.05, 4.69) is 11.0 Å². The molecule has 2 aromatic carbocycles. The molecule has 4 rings (SSSR count). The molecule has 0 aromatic heterocycles. The Balaban J connectivity index is 1.42. The first-order valence-electron chi connectivity index (χ1n) is 9.36. The van der Waals surface area contributed by atoms with E-state index in [0.717, 1.165) is 25.8 Å². The van der Waals surface area contributed by atoms with Gasteiger partial charge in [0.25, 0.3) is 5.69 Å². The molecule has 0 saturated carbocycles. The number of benzene rings is 2. The third-order valence-electron chi connectivity index (χ3n) is 5.68.